The van der Waals surface area contributed by atoms with E-state index in [1.54, 1.807) is 37.5 Å². The van der Waals surface area contributed by atoms with E-state index in [0.29, 0.717) is 12.0 Å². The first kappa shape index (κ1) is 14.2. The highest BCUT2D eigenvalue weighted by Crippen LogP contribution is 2.18. The predicted molar refractivity (Wildman–Crippen MR) is 79.8 cm³/mol. The number of Topliss-reactive ketones (excluding diaryl/α,β-unsaturated/α-hetero) is 1. The zero-order valence-electron chi connectivity index (χ0n) is 11.7. The van der Waals surface area contributed by atoms with Crippen LogP contribution >= 0.6 is 0 Å². The first-order valence-corrected chi connectivity index (χ1v) is 6.77. The molecule has 0 atom stereocenters. The molecular formula is C16H20N2O2. The summed E-state index contributed by atoms with van der Waals surface area (Å²) in [5, 5.41) is 6.50. The standard InChI is InChI=1S/C16H20N2O2/c1-3-5-14(16-17-10-4-11-18-16)15(19)12-6-8-13(20-2)9-7-12/h3,6-9,17-18H,1,4-5,10-11H2,2H3. The number of methoxy groups -OCH3 is 1. The number of ether oxygens (including phenoxy) is 1. The highest BCUT2D eigenvalue weighted by atomic mass is 16.5. The summed E-state index contributed by atoms with van der Waals surface area (Å²) < 4.78 is 5.11. The van der Waals surface area contributed by atoms with Crippen molar-refractivity contribution < 1.29 is 9.53 Å². The largest absolute Gasteiger partial charge is 0.497 e. The van der Waals surface area contributed by atoms with Gasteiger partial charge in [-0.15, -0.1) is 6.58 Å². The fourth-order valence-corrected chi connectivity index (χ4v) is 2.16. The Labute approximate surface area is 119 Å². The molecule has 0 aliphatic carbocycles. The van der Waals surface area contributed by atoms with Gasteiger partial charge in [0.1, 0.15) is 11.6 Å². The molecule has 20 heavy (non-hydrogen) atoms. The second kappa shape index (κ2) is 6.80. The van der Waals surface area contributed by atoms with Gasteiger partial charge in [0.25, 0.3) is 0 Å². The van der Waals surface area contributed by atoms with Gasteiger partial charge in [-0.3, -0.25) is 4.79 Å². The normalized spacial score (nSPS) is 13.9. The van der Waals surface area contributed by atoms with E-state index >= 15 is 0 Å². The zero-order valence-corrected chi connectivity index (χ0v) is 11.7. The van der Waals surface area contributed by atoms with Crippen LogP contribution in [0.1, 0.15) is 23.2 Å². The van der Waals surface area contributed by atoms with Gasteiger partial charge in [-0.05, 0) is 37.1 Å². The lowest BCUT2D eigenvalue weighted by molar-refractivity contribution is 0.102. The fraction of sp³-hybridized carbons (Fsp3) is 0.312. The molecule has 106 valence electrons. The van der Waals surface area contributed by atoms with Crippen molar-refractivity contribution in [2.24, 2.45) is 0 Å². The van der Waals surface area contributed by atoms with Crippen LogP contribution in [-0.2, 0) is 0 Å². The van der Waals surface area contributed by atoms with E-state index < -0.39 is 0 Å². The van der Waals surface area contributed by atoms with Crippen molar-refractivity contribution >= 4 is 5.78 Å². The number of hydrogen-bond acceptors (Lipinski definition) is 4. The summed E-state index contributed by atoms with van der Waals surface area (Å²) in [5.74, 6) is 1.59. The quantitative estimate of drug-likeness (QED) is 0.490. The molecule has 0 bridgehead atoms. The van der Waals surface area contributed by atoms with Gasteiger partial charge < -0.3 is 15.4 Å². The molecular weight excluding hydrogens is 252 g/mol. The van der Waals surface area contributed by atoms with Crippen LogP contribution in [0.25, 0.3) is 0 Å². The first-order chi connectivity index (χ1) is 9.76. The summed E-state index contributed by atoms with van der Waals surface area (Å²) in [6.07, 6.45) is 3.35. The third kappa shape index (κ3) is 3.20. The van der Waals surface area contributed by atoms with Crippen molar-refractivity contribution in [1.82, 2.24) is 10.6 Å². The van der Waals surface area contributed by atoms with Crippen molar-refractivity contribution in [3.63, 3.8) is 0 Å². The second-order valence-corrected chi connectivity index (χ2v) is 4.61. The van der Waals surface area contributed by atoms with Crippen LogP contribution < -0.4 is 15.4 Å². The van der Waals surface area contributed by atoms with Gasteiger partial charge in [-0.2, -0.15) is 0 Å². The van der Waals surface area contributed by atoms with Crippen LogP contribution in [-0.4, -0.2) is 26.0 Å². The van der Waals surface area contributed by atoms with E-state index in [9.17, 15) is 4.79 Å². The molecule has 1 aliphatic rings. The van der Waals surface area contributed by atoms with Gasteiger partial charge >= 0.3 is 0 Å². The fourth-order valence-electron chi connectivity index (χ4n) is 2.16. The Hall–Kier alpha value is -2.23. The van der Waals surface area contributed by atoms with E-state index in [-0.39, 0.29) is 5.78 Å². The number of benzene rings is 1. The van der Waals surface area contributed by atoms with Crippen molar-refractivity contribution in [3.05, 3.63) is 53.9 Å². The zero-order chi connectivity index (χ0) is 14.4. The molecule has 1 aromatic carbocycles. The highest BCUT2D eigenvalue weighted by Gasteiger charge is 2.18. The molecule has 1 aromatic rings. The number of allylic oxidation sites excluding steroid dienone is 2. The minimum Gasteiger partial charge on any atom is -0.497 e. The third-order valence-corrected chi connectivity index (χ3v) is 3.23. The minimum absolute atomic E-state index is 0.0180. The molecule has 1 aliphatic heterocycles. The van der Waals surface area contributed by atoms with Gasteiger partial charge in [-0.25, -0.2) is 0 Å². The first-order valence-electron chi connectivity index (χ1n) is 6.77. The van der Waals surface area contributed by atoms with Crippen LogP contribution in [0, 0.1) is 0 Å². The average Bonchev–Trinajstić information content (AvgIpc) is 2.53. The lowest BCUT2D eigenvalue weighted by Gasteiger charge is -2.22. The Bertz CT molecular complexity index is 510. The SMILES string of the molecule is C=CCC(C(=O)c1ccc(OC)cc1)=C1NCCCN1. The molecule has 0 saturated carbocycles. The molecule has 1 saturated heterocycles. The maximum atomic E-state index is 12.6. The highest BCUT2D eigenvalue weighted by molar-refractivity contribution is 6.09. The van der Waals surface area contributed by atoms with E-state index in [2.05, 4.69) is 17.2 Å². The molecule has 4 heteroatoms. The van der Waals surface area contributed by atoms with Gasteiger partial charge in [0.15, 0.2) is 5.78 Å². The lowest BCUT2D eigenvalue weighted by atomic mass is 10.00. The molecule has 0 aromatic heterocycles. The Morgan fingerprint density at radius 2 is 1.95 bits per heavy atom. The van der Waals surface area contributed by atoms with E-state index in [0.717, 1.165) is 36.7 Å². The maximum Gasteiger partial charge on any atom is 0.192 e. The number of ketones is 1. The van der Waals surface area contributed by atoms with E-state index in [4.69, 9.17) is 4.74 Å². The van der Waals surface area contributed by atoms with Gasteiger partial charge in [0.2, 0.25) is 0 Å². The Kier molecular flexibility index (Phi) is 4.82. The summed E-state index contributed by atoms with van der Waals surface area (Å²) in [4.78, 5) is 12.6. The van der Waals surface area contributed by atoms with E-state index in [1.807, 2.05) is 0 Å². The Morgan fingerprint density at radius 1 is 1.30 bits per heavy atom. The molecule has 2 N–H and O–H groups in total. The predicted octanol–water partition coefficient (Wildman–Crippen LogP) is 2.25. The van der Waals surface area contributed by atoms with Crippen molar-refractivity contribution in [3.8, 4) is 5.75 Å². The molecule has 2 rings (SSSR count). The number of rotatable bonds is 5. The number of nitrogens with one attached hydrogen (secondary N) is 2. The summed E-state index contributed by atoms with van der Waals surface area (Å²) in [7, 11) is 1.61. The van der Waals surface area contributed by atoms with E-state index in [1.165, 1.54) is 0 Å². The molecule has 1 fully saturated rings. The summed E-state index contributed by atoms with van der Waals surface area (Å²) in [6, 6.07) is 7.16. The molecule has 0 unspecified atom stereocenters. The second-order valence-electron chi connectivity index (χ2n) is 4.61. The minimum atomic E-state index is 0.0180. The Balaban J connectivity index is 2.27. The summed E-state index contributed by atoms with van der Waals surface area (Å²) in [6.45, 7) is 5.51. The van der Waals surface area contributed by atoms with Crippen LogP contribution in [0.2, 0.25) is 0 Å². The molecule has 0 amide bonds. The smallest absolute Gasteiger partial charge is 0.192 e. The summed E-state index contributed by atoms with van der Waals surface area (Å²) in [5.41, 5.74) is 1.38. The number of hydrogen-bond donors (Lipinski definition) is 2. The van der Waals surface area contributed by atoms with Crippen LogP contribution in [0.4, 0.5) is 0 Å². The molecule has 1 heterocycles. The topological polar surface area (TPSA) is 50.4 Å². The number of carbonyl (C=O) groups excluding carboxylic acids is 1. The molecule has 0 radical (unpaired) electrons. The summed E-state index contributed by atoms with van der Waals surface area (Å²) >= 11 is 0. The molecule has 0 spiro atoms. The van der Waals surface area contributed by atoms with Gasteiger partial charge in [-0.1, -0.05) is 6.08 Å². The number of carbonyl (C=O) groups is 1. The van der Waals surface area contributed by atoms with Crippen molar-refractivity contribution in [2.45, 2.75) is 12.8 Å². The van der Waals surface area contributed by atoms with Crippen LogP contribution in [0.5, 0.6) is 5.75 Å². The Morgan fingerprint density at radius 3 is 2.50 bits per heavy atom. The monoisotopic (exact) mass is 272 g/mol. The third-order valence-electron chi connectivity index (χ3n) is 3.23. The van der Waals surface area contributed by atoms with Crippen molar-refractivity contribution in [2.75, 3.05) is 20.2 Å². The average molecular weight is 272 g/mol. The van der Waals surface area contributed by atoms with Crippen LogP contribution in [0.3, 0.4) is 0 Å². The van der Waals surface area contributed by atoms with Crippen LogP contribution in [0.15, 0.2) is 48.3 Å². The lowest BCUT2D eigenvalue weighted by Crippen LogP contribution is -2.37. The van der Waals surface area contributed by atoms with Gasteiger partial charge in [0.05, 0.1) is 7.11 Å². The van der Waals surface area contributed by atoms with Crippen molar-refractivity contribution in [1.29, 1.82) is 0 Å². The maximum absolute atomic E-state index is 12.6. The molecule has 4 nitrogen and oxygen atoms in total. The van der Waals surface area contributed by atoms with Gasteiger partial charge in [0, 0.05) is 24.2 Å².